The molecule has 1 unspecified atom stereocenters. The van der Waals surface area contributed by atoms with Crippen LogP contribution in [-0.2, 0) is 0 Å². The minimum atomic E-state index is 0.287. The predicted octanol–water partition coefficient (Wildman–Crippen LogP) is 2.49. The van der Waals surface area contributed by atoms with Crippen molar-refractivity contribution in [1.29, 1.82) is 0 Å². The summed E-state index contributed by atoms with van der Waals surface area (Å²) in [4.78, 5) is 0. The van der Waals surface area contributed by atoms with Crippen molar-refractivity contribution in [3.63, 3.8) is 0 Å². The molecule has 98 valence electrons. The maximum absolute atomic E-state index is 5.42. The van der Waals surface area contributed by atoms with Crippen LogP contribution in [0.25, 0.3) is 0 Å². The van der Waals surface area contributed by atoms with Gasteiger partial charge >= 0.3 is 0 Å². The highest BCUT2D eigenvalue weighted by molar-refractivity contribution is 7.98. The first-order valence-corrected chi connectivity index (χ1v) is 7.38. The molecule has 0 bridgehead atoms. The SMILES string of the molecule is CCNC(CSC)c1c(OC)cnn1C(C)C. The Morgan fingerprint density at radius 1 is 1.53 bits per heavy atom. The topological polar surface area (TPSA) is 39.1 Å². The molecule has 1 aromatic rings. The molecule has 1 atom stereocenters. The van der Waals surface area contributed by atoms with Crippen molar-refractivity contribution < 1.29 is 4.74 Å². The number of hydrogen-bond donors (Lipinski definition) is 1. The molecule has 0 fully saturated rings. The van der Waals surface area contributed by atoms with Crippen LogP contribution in [0.3, 0.4) is 0 Å². The third-order valence-electron chi connectivity index (χ3n) is 2.62. The number of ether oxygens (including phenoxy) is 1. The third kappa shape index (κ3) is 3.39. The van der Waals surface area contributed by atoms with Crippen molar-refractivity contribution >= 4 is 11.8 Å². The Labute approximate surface area is 108 Å². The van der Waals surface area contributed by atoms with Gasteiger partial charge in [-0.15, -0.1) is 0 Å². The van der Waals surface area contributed by atoms with Crippen molar-refractivity contribution in [2.45, 2.75) is 32.9 Å². The van der Waals surface area contributed by atoms with Crippen LogP contribution in [0.2, 0.25) is 0 Å². The lowest BCUT2D eigenvalue weighted by Crippen LogP contribution is -2.26. The summed E-state index contributed by atoms with van der Waals surface area (Å²) in [6.07, 6.45) is 3.92. The van der Waals surface area contributed by atoms with E-state index in [0.717, 1.165) is 23.7 Å². The van der Waals surface area contributed by atoms with Gasteiger partial charge in [0.05, 0.1) is 25.0 Å². The normalized spacial score (nSPS) is 13.1. The van der Waals surface area contributed by atoms with Gasteiger partial charge in [0, 0.05) is 11.8 Å². The van der Waals surface area contributed by atoms with Gasteiger partial charge < -0.3 is 10.1 Å². The lowest BCUT2D eigenvalue weighted by Gasteiger charge is -2.21. The number of rotatable bonds is 7. The summed E-state index contributed by atoms with van der Waals surface area (Å²) in [5, 5.41) is 7.91. The first kappa shape index (κ1) is 14.4. The number of nitrogens with zero attached hydrogens (tertiary/aromatic N) is 2. The van der Waals surface area contributed by atoms with Gasteiger partial charge in [0.1, 0.15) is 0 Å². The lowest BCUT2D eigenvalue weighted by atomic mass is 10.2. The van der Waals surface area contributed by atoms with E-state index in [2.05, 4.69) is 37.4 Å². The first-order valence-electron chi connectivity index (χ1n) is 5.99. The van der Waals surface area contributed by atoms with Crippen LogP contribution < -0.4 is 10.1 Å². The molecule has 1 rings (SSSR count). The van der Waals surface area contributed by atoms with Crippen LogP contribution in [0.1, 0.15) is 38.5 Å². The molecule has 0 aromatic carbocycles. The number of aromatic nitrogens is 2. The Balaban J connectivity index is 3.08. The van der Waals surface area contributed by atoms with Crippen LogP contribution in [-0.4, -0.2) is 35.4 Å². The fourth-order valence-electron chi connectivity index (χ4n) is 1.90. The highest BCUT2D eigenvalue weighted by atomic mass is 32.2. The van der Waals surface area contributed by atoms with Gasteiger partial charge in [-0.25, -0.2) is 0 Å². The van der Waals surface area contributed by atoms with Gasteiger partial charge in [0.2, 0.25) is 0 Å². The second-order valence-corrected chi connectivity index (χ2v) is 5.11. The largest absolute Gasteiger partial charge is 0.493 e. The van der Waals surface area contributed by atoms with E-state index in [9.17, 15) is 0 Å². The summed E-state index contributed by atoms with van der Waals surface area (Å²) in [7, 11) is 1.70. The number of nitrogens with one attached hydrogen (secondary N) is 1. The van der Waals surface area contributed by atoms with Crippen LogP contribution in [0.5, 0.6) is 5.75 Å². The molecule has 0 aliphatic carbocycles. The molecule has 4 nitrogen and oxygen atoms in total. The van der Waals surface area contributed by atoms with E-state index in [0.29, 0.717) is 6.04 Å². The van der Waals surface area contributed by atoms with Crippen molar-refractivity contribution in [1.82, 2.24) is 15.1 Å². The summed E-state index contributed by atoms with van der Waals surface area (Å²) in [5.74, 6) is 1.89. The van der Waals surface area contributed by atoms with Crippen molar-refractivity contribution in [3.8, 4) is 5.75 Å². The average Bonchev–Trinajstić information content (AvgIpc) is 2.72. The second-order valence-electron chi connectivity index (χ2n) is 4.20. The molecule has 5 heteroatoms. The van der Waals surface area contributed by atoms with Gasteiger partial charge in [-0.3, -0.25) is 4.68 Å². The molecule has 0 radical (unpaired) electrons. The minimum absolute atomic E-state index is 0.287. The zero-order chi connectivity index (χ0) is 12.8. The molecule has 1 N–H and O–H groups in total. The molecule has 17 heavy (non-hydrogen) atoms. The summed E-state index contributed by atoms with van der Waals surface area (Å²) in [6.45, 7) is 7.34. The minimum Gasteiger partial charge on any atom is -0.493 e. The van der Waals surface area contributed by atoms with Gasteiger partial charge in [-0.1, -0.05) is 6.92 Å². The fourth-order valence-corrected chi connectivity index (χ4v) is 2.51. The summed E-state index contributed by atoms with van der Waals surface area (Å²) < 4.78 is 7.46. The molecule has 1 heterocycles. The van der Waals surface area contributed by atoms with E-state index in [1.54, 1.807) is 13.3 Å². The average molecular weight is 257 g/mol. The maximum Gasteiger partial charge on any atom is 0.161 e. The molecule has 0 spiro atoms. The maximum atomic E-state index is 5.42. The van der Waals surface area contributed by atoms with Crippen LogP contribution in [0.4, 0.5) is 0 Å². The number of thioether (sulfide) groups is 1. The van der Waals surface area contributed by atoms with E-state index < -0.39 is 0 Å². The highest BCUT2D eigenvalue weighted by Gasteiger charge is 2.22. The lowest BCUT2D eigenvalue weighted by molar-refractivity contribution is 0.391. The zero-order valence-corrected chi connectivity index (χ0v) is 12.2. The van der Waals surface area contributed by atoms with Gasteiger partial charge in [-0.05, 0) is 26.6 Å². The Bertz CT molecular complexity index is 332. The van der Waals surface area contributed by atoms with E-state index in [-0.39, 0.29) is 6.04 Å². The molecule has 1 aromatic heterocycles. The van der Waals surface area contributed by atoms with E-state index in [1.807, 2.05) is 16.4 Å². The van der Waals surface area contributed by atoms with E-state index >= 15 is 0 Å². The van der Waals surface area contributed by atoms with E-state index in [4.69, 9.17) is 4.74 Å². The van der Waals surface area contributed by atoms with Gasteiger partial charge in [-0.2, -0.15) is 16.9 Å². The van der Waals surface area contributed by atoms with Crippen LogP contribution in [0.15, 0.2) is 6.20 Å². The molecular formula is C12H23N3OS. The highest BCUT2D eigenvalue weighted by Crippen LogP contribution is 2.29. The molecule has 0 aliphatic heterocycles. The summed E-state index contributed by atoms with van der Waals surface area (Å²) in [6, 6.07) is 0.631. The Morgan fingerprint density at radius 2 is 2.24 bits per heavy atom. The zero-order valence-electron chi connectivity index (χ0n) is 11.4. The number of hydrogen-bond acceptors (Lipinski definition) is 4. The van der Waals surface area contributed by atoms with Gasteiger partial charge in [0.25, 0.3) is 0 Å². The van der Waals surface area contributed by atoms with Crippen molar-refractivity contribution in [2.75, 3.05) is 25.7 Å². The van der Waals surface area contributed by atoms with Crippen molar-refractivity contribution in [3.05, 3.63) is 11.9 Å². The quantitative estimate of drug-likeness (QED) is 0.814. The second kappa shape index (κ2) is 6.91. The van der Waals surface area contributed by atoms with Gasteiger partial charge in [0.15, 0.2) is 5.75 Å². The third-order valence-corrected chi connectivity index (χ3v) is 3.29. The first-order chi connectivity index (χ1) is 8.15. The molecule has 0 saturated carbocycles. The monoisotopic (exact) mass is 257 g/mol. The standard InChI is InChI=1S/C12H23N3OS/c1-6-13-10(8-17-5)12-11(16-4)7-14-15(12)9(2)3/h7,9-10,13H,6,8H2,1-5H3. The molecular weight excluding hydrogens is 234 g/mol. The molecule has 0 saturated heterocycles. The Morgan fingerprint density at radius 3 is 2.71 bits per heavy atom. The Hall–Kier alpha value is -0.680. The van der Waals surface area contributed by atoms with E-state index in [1.165, 1.54) is 0 Å². The summed E-state index contributed by atoms with van der Waals surface area (Å²) in [5.41, 5.74) is 1.15. The number of methoxy groups -OCH3 is 1. The Kier molecular flexibility index (Phi) is 5.85. The van der Waals surface area contributed by atoms with Crippen molar-refractivity contribution in [2.24, 2.45) is 0 Å². The predicted molar refractivity (Wildman–Crippen MR) is 74.0 cm³/mol. The van der Waals surface area contributed by atoms with Crippen LogP contribution >= 0.6 is 11.8 Å². The molecule has 0 aliphatic rings. The smallest absolute Gasteiger partial charge is 0.161 e. The summed E-state index contributed by atoms with van der Waals surface area (Å²) >= 11 is 1.83. The molecule has 0 amide bonds. The van der Waals surface area contributed by atoms with Crippen LogP contribution in [0, 0.1) is 0 Å². The fraction of sp³-hybridized carbons (Fsp3) is 0.750.